The number of hydrogen-bond acceptors (Lipinski definition) is 6. The number of carbonyl (C=O) groups excluding carboxylic acids is 4. The number of ketones is 2. The predicted octanol–water partition coefficient (Wildman–Crippen LogP) is 5.40. The van der Waals surface area contributed by atoms with E-state index in [2.05, 4.69) is 15.9 Å². The maximum Gasteiger partial charge on any atom is 0.238 e. The van der Waals surface area contributed by atoms with Gasteiger partial charge in [-0.05, 0) is 96.3 Å². The molecule has 6 rings (SSSR count). The number of imide groups is 1. The topological polar surface area (TPSA) is 101 Å². The van der Waals surface area contributed by atoms with Gasteiger partial charge in [-0.25, -0.2) is 0 Å². The molecule has 2 aromatic carbocycles. The molecule has 0 bridgehead atoms. The summed E-state index contributed by atoms with van der Waals surface area (Å²) in [5.41, 5.74) is 3.22. The van der Waals surface area contributed by atoms with Crippen molar-refractivity contribution < 1.29 is 29.0 Å². The number of phenolic OH excluding ortho intramolecular Hbond substituents is 1. The van der Waals surface area contributed by atoms with Crippen LogP contribution in [0.4, 0.5) is 5.69 Å². The molecular formula is C30H23BrINO6. The zero-order chi connectivity index (χ0) is 27.7. The van der Waals surface area contributed by atoms with Crippen molar-refractivity contribution in [2.24, 2.45) is 17.8 Å². The van der Waals surface area contributed by atoms with Crippen molar-refractivity contribution in [2.45, 2.75) is 25.7 Å². The molecule has 1 saturated heterocycles. The minimum Gasteiger partial charge on any atom is -0.504 e. The molecule has 1 aliphatic heterocycles. The molecule has 4 aliphatic rings. The minimum absolute atomic E-state index is 0.00932. The van der Waals surface area contributed by atoms with Gasteiger partial charge in [0.1, 0.15) is 0 Å². The normalized spacial score (nSPS) is 26.2. The molecule has 39 heavy (non-hydrogen) atoms. The van der Waals surface area contributed by atoms with Gasteiger partial charge < -0.3 is 9.84 Å². The number of ether oxygens (including phenoxy) is 1. The number of Topliss-reactive ketones (excluding diaryl/α,β-unsaturated/α-hetero) is 1. The lowest BCUT2D eigenvalue weighted by Gasteiger charge is -2.42. The van der Waals surface area contributed by atoms with Crippen molar-refractivity contribution in [1.29, 1.82) is 0 Å². The maximum absolute atomic E-state index is 13.9. The number of fused-ring (bicyclic) bond motifs is 3. The van der Waals surface area contributed by atoms with Crippen LogP contribution >= 0.6 is 38.5 Å². The Labute approximate surface area is 246 Å². The number of aromatic hydroxyl groups is 1. The highest BCUT2D eigenvalue weighted by molar-refractivity contribution is 14.1. The molecule has 1 N–H and O–H groups in total. The molecule has 1 heterocycles. The summed E-state index contributed by atoms with van der Waals surface area (Å²) in [7, 11) is 1.45. The van der Waals surface area contributed by atoms with Gasteiger partial charge in [-0.15, -0.1) is 0 Å². The van der Waals surface area contributed by atoms with Crippen LogP contribution in [0.2, 0.25) is 0 Å². The quantitative estimate of drug-likeness (QED) is 0.199. The van der Waals surface area contributed by atoms with Crippen LogP contribution in [0.3, 0.4) is 0 Å². The van der Waals surface area contributed by atoms with E-state index in [-0.39, 0.29) is 41.3 Å². The molecule has 9 heteroatoms. The van der Waals surface area contributed by atoms with Gasteiger partial charge in [0.15, 0.2) is 23.1 Å². The first-order valence-electron chi connectivity index (χ1n) is 12.5. The number of nitrogens with zero attached hydrogens (tertiary/aromatic N) is 1. The fourth-order valence-electron chi connectivity index (χ4n) is 6.50. The Kier molecular flexibility index (Phi) is 6.41. The van der Waals surface area contributed by atoms with E-state index < -0.39 is 23.7 Å². The van der Waals surface area contributed by atoms with Gasteiger partial charge in [0, 0.05) is 27.1 Å². The second kappa shape index (κ2) is 9.55. The number of rotatable bonds is 3. The van der Waals surface area contributed by atoms with Gasteiger partial charge >= 0.3 is 0 Å². The number of amides is 2. The maximum atomic E-state index is 13.9. The third-order valence-corrected chi connectivity index (χ3v) is 9.60. The zero-order valence-electron chi connectivity index (χ0n) is 21.0. The smallest absolute Gasteiger partial charge is 0.238 e. The lowest BCUT2D eigenvalue weighted by molar-refractivity contribution is -0.123. The second-order valence-corrected chi connectivity index (χ2v) is 12.3. The Bertz CT molecular complexity index is 1590. The van der Waals surface area contributed by atoms with Crippen LogP contribution in [0.15, 0.2) is 75.3 Å². The van der Waals surface area contributed by atoms with Crippen molar-refractivity contribution in [1.82, 2.24) is 0 Å². The Balaban J connectivity index is 1.51. The Morgan fingerprint density at radius 3 is 2.46 bits per heavy atom. The summed E-state index contributed by atoms with van der Waals surface area (Å²) in [6, 6.07) is 10.5. The molecule has 0 spiro atoms. The van der Waals surface area contributed by atoms with Crippen LogP contribution < -0.4 is 9.64 Å². The number of hydrogen-bond donors (Lipinski definition) is 1. The molecule has 3 aliphatic carbocycles. The third kappa shape index (κ3) is 3.96. The molecule has 198 valence electrons. The van der Waals surface area contributed by atoms with Gasteiger partial charge in [0.05, 0.1) is 28.2 Å². The van der Waals surface area contributed by atoms with E-state index in [1.807, 2.05) is 28.7 Å². The highest BCUT2D eigenvalue weighted by atomic mass is 127. The first-order chi connectivity index (χ1) is 18.6. The monoisotopic (exact) mass is 699 g/mol. The molecule has 2 aromatic rings. The Morgan fingerprint density at radius 1 is 1.05 bits per heavy atom. The molecule has 0 aromatic heterocycles. The first-order valence-corrected chi connectivity index (χ1v) is 14.4. The van der Waals surface area contributed by atoms with Gasteiger partial charge in [-0.2, -0.15) is 0 Å². The summed E-state index contributed by atoms with van der Waals surface area (Å²) in [5, 5.41) is 10.5. The molecule has 7 nitrogen and oxygen atoms in total. The fourth-order valence-corrected chi connectivity index (χ4v) is 7.39. The number of anilines is 1. The van der Waals surface area contributed by atoms with E-state index in [1.165, 1.54) is 18.1 Å². The third-order valence-electron chi connectivity index (χ3n) is 8.25. The summed E-state index contributed by atoms with van der Waals surface area (Å²) >= 11 is 5.40. The summed E-state index contributed by atoms with van der Waals surface area (Å²) in [4.78, 5) is 55.6. The average molecular weight is 700 g/mol. The molecule has 4 atom stereocenters. The van der Waals surface area contributed by atoms with Gasteiger partial charge in [0.2, 0.25) is 11.8 Å². The number of carbonyl (C=O) groups is 4. The van der Waals surface area contributed by atoms with Crippen LogP contribution in [0, 0.1) is 21.3 Å². The van der Waals surface area contributed by atoms with Crippen LogP contribution in [0.1, 0.15) is 31.2 Å². The highest BCUT2D eigenvalue weighted by Crippen LogP contribution is 2.56. The van der Waals surface area contributed by atoms with E-state index in [0.717, 1.165) is 10.0 Å². The second-order valence-electron chi connectivity index (χ2n) is 10.3. The van der Waals surface area contributed by atoms with Crippen molar-refractivity contribution >= 4 is 67.6 Å². The van der Waals surface area contributed by atoms with E-state index in [1.54, 1.807) is 43.3 Å². The lowest BCUT2D eigenvalue weighted by Crippen LogP contribution is -2.39. The molecule has 2 amide bonds. The summed E-state index contributed by atoms with van der Waals surface area (Å²) < 4.78 is 6.78. The van der Waals surface area contributed by atoms with E-state index in [4.69, 9.17) is 4.74 Å². The zero-order valence-corrected chi connectivity index (χ0v) is 24.8. The number of halogens is 2. The molecule has 0 radical (unpaired) electrons. The summed E-state index contributed by atoms with van der Waals surface area (Å²) in [5.74, 6) is -2.96. The van der Waals surface area contributed by atoms with Gasteiger partial charge in [0.25, 0.3) is 0 Å². The van der Waals surface area contributed by atoms with Crippen LogP contribution in [-0.2, 0) is 19.2 Å². The van der Waals surface area contributed by atoms with E-state index in [9.17, 15) is 24.3 Å². The summed E-state index contributed by atoms with van der Waals surface area (Å²) in [6.45, 7) is 1.63. The standard InChI is InChI=1S/C30H23BrINO6/c1-13-9-22(34)20-12-19-17(24(26(20)27(13)35)14-10-21(32)28(36)23(11-14)39-2)7-8-18-25(19)30(38)33(29(18)37)16-5-3-15(31)4-6-16/h3-7,9-11,18-19,24-25,36H,8,12H2,1-2H3. The predicted molar refractivity (Wildman–Crippen MR) is 155 cm³/mol. The van der Waals surface area contributed by atoms with Gasteiger partial charge in [-0.3, -0.25) is 24.1 Å². The number of phenols is 1. The molecule has 1 fully saturated rings. The van der Waals surface area contributed by atoms with Crippen molar-refractivity contribution in [3.8, 4) is 11.5 Å². The van der Waals surface area contributed by atoms with Crippen LogP contribution in [-0.4, -0.2) is 35.6 Å². The molecule has 4 unspecified atom stereocenters. The number of benzene rings is 2. The number of methoxy groups -OCH3 is 1. The summed E-state index contributed by atoms with van der Waals surface area (Å²) in [6.07, 6.45) is 3.92. The average Bonchev–Trinajstić information content (AvgIpc) is 3.18. The fraction of sp³-hybridized carbons (Fsp3) is 0.267. The van der Waals surface area contributed by atoms with Crippen molar-refractivity contribution in [3.05, 3.63) is 84.4 Å². The highest BCUT2D eigenvalue weighted by Gasteiger charge is 2.56. The molecule has 0 saturated carbocycles. The van der Waals surface area contributed by atoms with Gasteiger partial charge in [-0.1, -0.05) is 27.6 Å². The molecular weight excluding hydrogens is 677 g/mol. The Hall–Kier alpha value is -3.05. The number of allylic oxidation sites excluding steroid dienone is 6. The minimum atomic E-state index is -0.648. The van der Waals surface area contributed by atoms with E-state index >= 15 is 0 Å². The van der Waals surface area contributed by atoms with E-state index in [0.29, 0.717) is 38.0 Å². The van der Waals surface area contributed by atoms with Crippen molar-refractivity contribution in [2.75, 3.05) is 12.0 Å². The van der Waals surface area contributed by atoms with Crippen molar-refractivity contribution in [3.63, 3.8) is 0 Å². The largest absolute Gasteiger partial charge is 0.504 e. The van der Waals surface area contributed by atoms with Crippen LogP contribution in [0.25, 0.3) is 0 Å². The SMILES string of the molecule is COc1cc(C2C3=CCC4C(=O)N(c5ccc(Br)cc5)C(=O)C4C3CC3=C2C(=O)C(C)=CC3=O)cc(I)c1O. The first kappa shape index (κ1) is 26.2. The van der Waals surface area contributed by atoms with Crippen LogP contribution in [0.5, 0.6) is 11.5 Å². The Morgan fingerprint density at radius 2 is 1.77 bits per heavy atom. The lowest BCUT2D eigenvalue weighted by atomic mass is 9.59.